The van der Waals surface area contributed by atoms with E-state index in [9.17, 15) is 14.4 Å². The first-order valence-electron chi connectivity index (χ1n) is 9.56. The Bertz CT molecular complexity index is 1150. The van der Waals surface area contributed by atoms with Crippen molar-refractivity contribution >= 4 is 34.3 Å². The zero-order chi connectivity index (χ0) is 23.4. The summed E-state index contributed by atoms with van der Waals surface area (Å²) in [5.41, 5.74) is 0.952. The number of rotatable bonds is 6. The van der Waals surface area contributed by atoms with Gasteiger partial charge in [-0.2, -0.15) is 0 Å². The number of benzene rings is 2. The van der Waals surface area contributed by atoms with Crippen molar-refractivity contribution in [3.8, 4) is 11.5 Å². The molecule has 32 heavy (non-hydrogen) atoms. The summed E-state index contributed by atoms with van der Waals surface area (Å²) in [6.45, 7) is 1.29. The molecule has 3 rings (SSSR count). The molecule has 1 aliphatic heterocycles. The van der Waals surface area contributed by atoms with Gasteiger partial charge in [-0.25, -0.2) is 9.59 Å². The van der Waals surface area contributed by atoms with E-state index in [-0.39, 0.29) is 11.1 Å². The fourth-order valence-corrected chi connectivity index (χ4v) is 3.53. The molecule has 9 heteroatoms. The largest absolute Gasteiger partial charge is 0.493 e. The van der Waals surface area contributed by atoms with Crippen LogP contribution in [0.4, 0.5) is 0 Å². The molecule has 1 atom stereocenters. The Hall–Kier alpha value is -4.01. The van der Waals surface area contributed by atoms with Crippen LogP contribution < -0.4 is 14.8 Å². The third-order valence-corrected chi connectivity index (χ3v) is 4.87. The second kappa shape index (κ2) is 9.42. The van der Waals surface area contributed by atoms with E-state index in [1.807, 2.05) is 0 Å². The fraction of sp³-hybridized carbons (Fsp3) is 0.261. The van der Waals surface area contributed by atoms with Crippen LogP contribution in [0.1, 0.15) is 33.2 Å². The molecule has 168 valence electrons. The molecule has 0 aromatic heterocycles. The number of dihydropyridines is 1. The third kappa shape index (κ3) is 4.22. The average Bonchev–Trinajstić information content (AvgIpc) is 2.80. The number of fused-ring (bicyclic) bond motifs is 1. The summed E-state index contributed by atoms with van der Waals surface area (Å²) in [5, 5.41) is 4.09. The molecular weight excluding hydrogens is 418 g/mol. The topological polar surface area (TPSA) is 109 Å². The van der Waals surface area contributed by atoms with Crippen LogP contribution in [0.3, 0.4) is 0 Å². The Morgan fingerprint density at radius 1 is 0.906 bits per heavy atom. The highest BCUT2D eigenvalue weighted by Crippen LogP contribution is 2.40. The molecule has 1 N–H and O–H groups in total. The molecule has 1 heterocycles. The summed E-state index contributed by atoms with van der Waals surface area (Å²) in [5.74, 6) is -1.05. The van der Waals surface area contributed by atoms with Gasteiger partial charge >= 0.3 is 17.9 Å². The Morgan fingerprint density at radius 2 is 1.56 bits per heavy atom. The van der Waals surface area contributed by atoms with Gasteiger partial charge in [-0.1, -0.05) is 0 Å². The lowest BCUT2D eigenvalue weighted by Crippen LogP contribution is -2.29. The van der Waals surface area contributed by atoms with Crippen molar-refractivity contribution in [1.29, 1.82) is 0 Å². The van der Waals surface area contributed by atoms with E-state index in [1.54, 1.807) is 30.5 Å². The lowest BCUT2D eigenvalue weighted by Gasteiger charge is -2.22. The van der Waals surface area contributed by atoms with Gasteiger partial charge in [-0.3, -0.25) is 4.79 Å². The first kappa shape index (κ1) is 22.7. The Labute approximate surface area is 184 Å². The van der Waals surface area contributed by atoms with Gasteiger partial charge < -0.3 is 29.0 Å². The predicted molar refractivity (Wildman–Crippen MR) is 116 cm³/mol. The molecule has 0 aliphatic carbocycles. The van der Waals surface area contributed by atoms with Crippen molar-refractivity contribution in [3.63, 3.8) is 0 Å². The minimum atomic E-state index is -0.769. The lowest BCUT2D eigenvalue weighted by atomic mass is 9.88. The number of carbonyl (C=O) groups excluding carboxylic acids is 3. The number of hydrogen-bond donors (Lipinski definition) is 1. The van der Waals surface area contributed by atoms with Crippen molar-refractivity contribution in [2.75, 3.05) is 28.4 Å². The van der Waals surface area contributed by atoms with Gasteiger partial charge in [0.1, 0.15) is 0 Å². The van der Waals surface area contributed by atoms with Crippen molar-refractivity contribution in [2.24, 2.45) is 0 Å². The van der Waals surface area contributed by atoms with E-state index >= 15 is 0 Å². The second-order valence-electron chi connectivity index (χ2n) is 6.74. The molecule has 0 bridgehead atoms. The van der Waals surface area contributed by atoms with Crippen LogP contribution in [0.15, 0.2) is 36.6 Å². The fourth-order valence-electron chi connectivity index (χ4n) is 3.53. The van der Waals surface area contributed by atoms with E-state index in [1.165, 1.54) is 41.4 Å². The van der Waals surface area contributed by atoms with Gasteiger partial charge in [0, 0.05) is 18.7 Å². The maximum Gasteiger partial charge on any atom is 0.339 e. The molecule has 0 amide bonds. The molecule has 2 aromatic rings. The molecule has 1 unspecified atom stereocenters. The van der Waals surface area contributed by atoms with Gasteiger partial charge in [0.25, 0.3) is 0 Å². The average molecular weight is 441 g/mol. The van der Waals surface area contributed by atoms with Crippen LogP contribution >= 0.6 is 0 Å². The summed E-state index contributed by atoms with van der Waals surface area (Å²) in [6.07, 6.45) is 4.13. The SMILES string of the molecule is COC(=O)c1cc2cc(OC)c(OC)cc2c(C2=CC(OC(C)=O)NC=C2)c1C(=O)OC. The molecule has 9 nitrogen and oxygen atoms in total. The third-order valence-electron chi connectivity index (χ3n) is 4.87. The summed E-state index contributed by atoms with van der Waals surface area (Å²) in [7, 11) is 5.44. The van der Waals surface area contributed by atoms with Crippen LogP contribution in [0, 0.1) is 0 Å². The Balaban J connectivity index is 2.44. The van der Waals surface area contributed by atoms with E-state index < -0.39 is 24.1 Å². The van der Waals surface area contributed by atoms with Crippen LogP contribution in [0.5, 0.6) is 11.5 Å². The van der Waals surface area contributed by atoms with Crippen LogP contribution in [0.2, 0.25) is 0 Å². The summed E-state index contributed by atoms with van der Waals surface area (Å²) in [4.78, 5) is 36.9. The molecule has 0 radical (unpaired) electrons. The van der Waals surface area contributed by atoms with Gasteiger partial charge in [-0.05, 0) is 46.7 Å². The number of hydrogen-bond acceptors (Lipinski definition) is 9. The maximum absolute atomic E-state index is 12.9. The number of carbonyl (C=O) groups is 3. The van der Waals surface area contributed by atoms with Gasteiger partial charge in [0.05, 0.1) is 39.6 Å². The second-order valence-corrected chi connectivity index (χ2v) is 6.74. The normalized spacial score (nSPS) is 14.8. The van der Waals surface area contributed by atoms with Crippen LogP contribution in [-0.4, -0.2) is 52.6 Å². The first-order chi connectivity index (χ1) is 15.3. The molecule has 0 fully saturated rings. The van der Waals surface area contributed by atoms with Crippen LogP contribution in [0.25, 0.3) is 16.3 Å². The molecule has 1 aliphatic rings. The van der Waals surface area contributed by atoms with Crippen LogP contribution in [-0.2, 0) is 19.0 Å². The number of nitrogens with one attached hydrogen (secondary N) is 1. The molecule has 0 saturated heterocycles. The number of methoxy groups -OCH3 is 4. The number of esters is 3. The monoisotopic (exact) mass is 441 g/mol. The highest BCUT2D eigenvalue weighted by Gasteiger charge is 2.28. The molecule has 0 saturated carbocycles. The molecule has 0 spiro atoms. The van der Waals surface area contributed by atoms with E-state index in [0.29, 0.717) is 33.4 Å². The van der Waals surface area contributed by atoms with E-state index in [4.69, 9.17) is 23.7 Å². The Kier molecular flexibility index (Phi) is 6.67. The van der Waals surface area contributed by atoms with Gasteiger partial charge in [0.15, 0.2) is 17.7 Å². The zero-order valence-electron chi connectivity index (χ0n) is 18.3. The Morgan fingerprint density at radius 3 is 2.16 bits per heavy atom. The smallest absolute Gasteiger partial charge is 0.339 e. The highest BCUT2D eigenvalue weighted by molar-refractivity contribution is 6.14. The first-order valence-corrected chi connectivity index (χ1v) is 9.56. The summed E-state index contributed by atoms with van der Waals surface area (Å²) < 4.78 is 26.0. The predicted octanol–water partition coefficient (Wildman–Crippen LogP) is 2.82. The van der Waals surface area contributed by atoms with Crippen molar-refractivity contribution in [3.05, 3.63) is 53.2 Å². The number of ether oxygens (including phenoxy) is 5. The highest BCUT2D eigenvalue weighted by atomic mass is 16.6. The van der Waals surface area contributed by atoms with Gasteiger partial charge in [0.2, 0.25) is 0 Å². The zero-order valence-corrected chi connectivity index (χ0v) is 18.3. The summed E-state index contributed by atoms with van der Waals surface area (Å²) in [6, 6.07) is 4.93. The molecule has 2 aromatic carbocycles. The maximum atomic E-state index is 12.9. The van der Waals surface area contributed by atoms with Crippen molar-refractivity contribution in [1.82, 2.24) is 5.32 Å². The van der Waals surface area contributed by atoms with E-state index in [0.717, 1.165) is 0 Å². The lowest BCUT2D eigenvalue weighted by molar-refractivity contribution is -0.144. The number of allylic oxidation sites excluding steroid dienone is 2. The standard InChI is InChI=1S/C23H23NO8/c1-12(25)32-19-10-13(6-7-24-19)20-15-11-18(29-3)17(28-2)9-14(15)8-16(22(26)30-4)21(20)23(27)31-5/h6-11,19,24H,1-5H3. The minimum absolute atomic E-state index is 0.0124. The quantitative estimate of drug-likeness (QED) is 0.534. The minimum Gasteiger partial charge on any atom is -0.493 e. The van der Waals surface area contributed by atoms with E-state index in [2.05, 4.69) is 5.32 Å². The van der Waals surface area contributed by atoms with Crippen molar-refractivity contribution in [2.45, 2.75) is 13.2 Å². The molecular formula is C23H23NO8. The van der Waals surface area contributed by atoms with Crippen molar-refractivity contribution < 1.29 is 38.1 Å². The summed E-state index contributed by atoms with van der Waals surface area (Å²) >= 11 is 0. The van der Waals surface area contributed by atoms with Gasteiger partial charge in [-0.15, -0.1) is 0 Å².